The maximum atomic E-state index is 11.9. The maximum Gasteiger partial charge on any atom is 0.248 e. The van der Waals surface area contributed by atoms with Gasteiger partial charge >= 0.3 is 0 Å². The van der Waals surface area contributed by atoms with E-state index in [4.69, 9.17) is 9.47 Å². The molecule has 0 aromatic rings. The Hall–Kier alpha value is -0.650. The van der Waals surface area contributed by atoms with Gasteiger partial charge in [-0.1, -0.05) is 0 Å². The number of piperidine rings is 1. The fourth-order valence-corrected chi connectivity index (χ4v) is 2.14. The van der Waals surface area contributed by atoms with Gasteiger partial charge < -0.3 is 19.3 Å². The highest BCUT2D eigenvalue weighted by Crippen LogP contribution is 2.14. The van der Waals surface area contributed by atoms with E-state index in [1.54, 1.807) is 0 Å². The van der Waals surface area contributed by atoms with E-state index in [2.05, 4.69) is 19.0 Å². The Labute approximate surface area is 110 Å². The molecule has 0 unspecified atom stereocenters. The molecule has 1 fully saturated rings. The third kappa shape index (κ3) is 5.33. The minimum atomic E-state index is 0.101. The number of hydrogen-bond acceptors (Lipinski definition) is 4. The third-order valence-corrected chi connectivity index (χ3v) is 3.35. The topological polar surface area (TPSA) is 42.0 Å². The number of amides is 1. The molecule has 106 valence electrons. The first-order valence-electron chi connectivity index (χ1n) is 6.74. The van der Waals surface area contributed by atoms with Crippen LogP contribution in [-0.4, -0.2) is 75.4 Å². The van der Waals surface area contributed by atoms with Gasteiger partial charge in [-0.2, -0.15) is 0 Å². The summed E-state index contributed by atoms with van der Waals surface area (Å²) in [5.41, 5.74) is 0. The van der Waals surface area contributed by atoms with Gasteiger partial charge in [0, 0.05) is 25.7 Å². The highest BCUT2D eigenvalue weighted by atomic mass is 16.5. The van der Waals surface area contributed by atoms with Crippen LogP contribution in [0.1, 0.15) is 19.8 Å². The predicted molar refractivity (Wildman–Crippen MR) is 70.6 cm³/mol. The molecule has 0 aliphatic carbocycles. The highest BCUT2D eigenvalue weighted by Gasteiger charge is 2.23. The summed E-state index contributed by atoms with van der Waals surface area (Å²) in [6, 6.07) is 0.605. The van der Waals surface area contributed by atoms with Gasteiger partial charge in [0.1, 0.15) is 6.61 Å². The number of likely N-dealkylation sites (tertiary alicyclic amines) is 1. The van der Waals surface area contributed by atoms with Crippen molar-refractivity contribution in [2.24, 2.45) is 0 Å². The van der Waals surface area contributed by atoms with E-state index in [-0.39, 0.29) is 12.5 Å². The van der Waals surface area contributed by atoms with Gasteiger partial charge in [-0.25, -0.2) is 0 Å². The zero-order valence-electron chi connectivity index (χ0n) is 11.9. The number of rotatable bonds is 7. The second-order valence-electron chi connectivity index (χ2n) is 4.83. The van der Waals surface area contributed by atoms with Gasteiger partial charge in [0.05, 0.1) is 13.2 Å². The van der Waals surface area contributed by atoms with Crippen LogP contribution < -0.4 is 0 Å². The molecule has 1 rings (SSSR count). The van der Waals surface area contributed by atoms with Crippen molar-refractivity contribution in [3.05, 3.63) is 0 Å². The predicted octanol–water partition coefficient (Wildman–Crippen LogP) is 0.592. The number of ether oxygens (including phenoxy) is 2. The lowest BCUT2D eigenvalue weighted by Gasteiger charge is -2.35. The normalized spacial score (nSPS) is 17.4. The summed E-state index contributed by atoms with van der Waals surface area (Å²) in [4.78, 5) is 16.0. The first-order chi connectivity index (χ1) is 8.65. The third-order valence-electron chi connectivity index (χ3n) is 3.35. The van der Waals surface area contributed by atoms with Crippen molar-refractivity contribution in [3.8, 4) is 0 Å². The van der Waals surface area contributed by atoms with Gasteiger partial charge in [0.25, 0.3) is 0 Å². The summed E-state index contributed by atoms with van der Waals surface area (Å²) in [6.07, 6.45) is 2.11. The Morgan fingerprint density at radius 3 is 2.39 bits per heavy atom. The van der Waals surface area contributed by atoms with Crippen LogP contribution in [0.2, 0.25) is 0 Å². The number of hydrogen-bond donors (Lipinski definition) is 0. The van der Waals surface area contributed by atoms with Crippen LogP contribution in [0.5, 0.6) is 0 Å². The van der Waals surface area contributed by atoms with Crippen LogP contribution in [-0.2, 0) is 14.3 Å². The van der Waals surface area contributed by atoms with E-state index in [1.165, 1.54) is 0 Å². The minimum Gasteiger partial charge on any atom is -0.379 e. The molecule has 0 radical (unpaired) electrons. The molecule has 1 aliphatic rings. The molecule has 0 N–H and O–H groups in total. The molecule has 1 heterocycles. The van der Waals surface area contributed by atoms with Crippen molar-refractivity contribution >= 4 is 5.91 Å². The van der Waals surface area contributed by atoms with Crippen molar-refractivity contribution < 1.29 is 14.3 Å². The average Bonchev–Trinajstić information content (AvgIpc) is 2.38. The Balaban J connectivity index is 2.12. The van der Waals surface area contributed by atoms with E-state index in [9.17, 15) is 4.79 Å². The van der Waals surface area contributed by atoms with Crippen molar-refractivity contribution in [2.75, 3.05) is 53.6 Å². The van der Waals surface area contributed by atoms with Crippen LogP contribution in [0, 0.1) is 0 Å². The van der Waals surface area contributed by atoms with Crippen molar-refractivity contribution in [3.63, 3.8) is 0 Å². The molecule has 0 saturated carbocycles. The van der Waals surface area contributed by atoms with Crippen LogP contribution in [0.25, 0.3) is 0 Å². The van der Waals surface area contributed by atoms with Gasteiger partial charge in [0.2, 0.25) is 5.91 Å². The fraction of sp³-hybridized carbons (Fsp3) is 0.923. The first kappa shape index (κ1) is 15.4. The molecular weight excluding hydrogens is 232 g/mol. The molecule has 0 spiro atoms. The van der Waals surface area contributed by atoms with Crippen molar-refractivity contribution in [1.82, 2.24) is 9.80 Å². The Bertz CT molecular complexity index is 238. The average molecular weight is 258 g/mol. The Morgan fingerprint density at radius 1 is 1.22 bits per heavy atom. The summed E-state index contributed by atoms with van der Waals surface area (Å²) >= 11 is 0. The molecule has 5 nitrogen and oxygen atoms in total. The zero-order valence-corrected chi connectivity index (χ0v) is 11.9. The standard InChI is InChI=1S/C13H26N2O3/c1-4-17-9-10-18-11-13(16)15-7-5-12(6-8-15)14(2)3/h12H,4-11H2,1-3H3. The number of nitrogens with zero attached hydrogens (tertiary/aromatic N) is 2. The molecule has 18 heavy (non-hydrogen) atoms. The van der Waals surface area contributed by atoms with Gasteiger partial charge in [-0.15, -0.1) is 0 Å². The summed E-state index contributed by atoms with van der Waals surface area (Å²) in [6.45, 7) is 5.56. The highest BCUT2D eigenvalue weighted by molar-refractivity contribution is 5.77. The van der Waals surface area contributed by atoms with Crippen LogP contribution >= 0.6 is 0 Å². The van der Waals surface area contributed by atoms with Crippen molar-refractivity contribution in [1.29, 1.82) is 0 Å². The molecule has 1 amide bonds. The summed E-state index contributed by atoms with van der Waals surface area (Å²) in [5.74, 6) is 0.101. The van der Waals surface area contributed by atoms with Crippen LogP contribution in [0.3, 0.4) is 0 Å². The fourth-order valence-electron chi connectivity index (χ4n) is 2.14. The molecule has 1 saturated heterocycles. The van der Waals surface area contributed by atoms with Crippen LogP contribution in [0.4, 0.5) is 0 Å². The lowest BCUT2D eigenvalue weighted by atomic mass is 10.0. The summed E-state index contributed by atoms with van der Waals surface area (Å²) in [7, 11) is 4.19. The maximum absolute atomic E-state index is 11.9. The molecule has 5 heteroatoms. The molecule has 0 bridgehead atoms. The van der Waals surface area contributed by atoms with E-state index in [0.29, 0.717) is 25.9 Å². The van der Waals surface area contributed by atoms with Gasteiger partial charge in [-0.3, -0.25) is 4.79 Å². The second kappa shape index (κ2) is 8.45. The largest absolute Gasteiger partial charge is 0.379 e. The number of carbonyl (C=O) groups is 1. The van der Waals surface area contributed by atoms with E-state index < -0.39 is 0 Å². The smallest absolute Gasteiger partial charge is 0.248 e. The van der Waals surface area contributed by atoms with Crippen LogP contribution in [0.15, 0.2) is 0 Å². The van der Waals surface area contributed by atoms with Gasteiger partial charge in [-0.05, 0) is 33.9 Å². The van der Waals surface area contributed by atoms with E-state index >= 15 is 0 Å². The summed E-state index contributed by atoms with van der Waals surface area (Å²) in [5, 5.41) is 0. The molecule has 0 atom stereocenters. The first-order valence-corrected chi connectivity index (χ1v) is 6.74. The monoisotopic (exact) mass is 258 g/mol. The van der Waals surface area contributed by atoms with Gasteiger partial charge in [0.15, 0.2) is 0 Å². The minimum absolute atomic E-state index is 0.101. The Morgan fingerprint density at radius 2 is 1.83 bits per heavy atom. The molecular formula is C13H26N2O3. The SMILES string of the molecule is CCOCCOCC(=O)N1CCC(N(C)C)CC1. The van der Waals surface area contributed by atoms with E-state index in [0.717, 1.165) is 25.9 Å². The lowest BCUT2D eigenvalue weighted by molar-refractivity contribution is -0.138. The summed E-state index contributed by atoms with van der Waals surface area (Å²) < 4.78 is 10.4. The van der Waals surface area contributed by atoms with Crippen molar-refractivity contribution in [2.45, 2.75) is 25.8 Å². The number of carbonyl (C=O) groups excluding carboxylic acids is 1. The molecule has 0 aromatic carbocycles. The lowest BCUT2D eigenvalue weighted by Crippen LogP contribution is -2.45. The zero-order chi connectivity index (χ0) is 13.4. The second-order valence-corrected chi connectivity index (χ2v) is 4.83. The van der Waals surface area contributed by atoms with E-state index in [1.807, 2.05) is 11.8 Å². The quantitative estimate of drug-likeness (QED) is 0.627. The molecule has 1 aliphatic heterocycles. The Kier molecular flexibility index (Phi) is 7.23. The molecule has 0 aromatic heterocycles.